The number of anilines is 1. The van der Waals surface area contributed by atoms with Crippen LogP contribution in [0.1, 0.15) is 37.7 Å². The van der Waals surface area contributed by atoms with Crippen LogP contribution in [-0.2, 0) is 17.5 Å². The fraction of sp³-hybridized carbons (Fsp3) is 0.450. The van der Waals surface area contributed by atoms with Crippen LogP contribution in [0, 0.1) is 5.92 Å². The number of amides is 1. The molecule has 6 nitrogen and oxygen atoms in total. The summed E-state index contributed by atoms with van der Waals surface area (Å²) in [5.74, 6) is 0.347. The van der Waals surface area contributed by atoms with Gasteiger partial charge in [0.2, 0.25) is 5.91 Å². The predicted molar refractivity (Wildman–Crippen MR) is 101 cm³/mol. The SMILES string of the molecule is O=C(Cn1cc(C(F)(F)F)ccc1=O)Nc1ncccc1OCC1CCCCC1. The average Bonchev–Trinajstić information content (AvgIpc) is 2.69. The van der Waals surface area contributed by atoms with E-state index in [1.807, 2.05) is 0 Å². The van der Waals surface area contributed by atoms with Crippen molar-refractivity contribution in [3.8, 4) is 5.75 Å². The third kappa shape index (κ3) is 5.82. The number of hydrogen-bond acceptors (Lipinski definition) is 4. The van der Waals surface area contributed by atoms with E-state index in [2.05, 4.69) is 10.3 Å². The average molecular weight is 409 g/mol. The van der Waals surface area contributed by atoms with E-state index >= 15 is 0 Å². The first kappa shape index (κ1) is 20.9. The molecular weight excluding hydrogens is 387 g/mol. The lowest BCUT2D eigenvalue weighted by molar-refractivity contribution is -0.138. The predicted octanol–water partition coefficient (Wildman–Crippen LogP) is 3.86. The zero-order chi connectivity index (χ0) is 20.9. The molecule has 1 amide bonds. The largest absolute Gasteiger partial charge is 0.489 e. The second kappa shape index (κ2) is 9.11. The quantitative estimate of drug-likeness (QED) is 0.786. The number of ether oxygens (including phenoxy) is 1. The summed E-state index contributed by atoms with van der Waals surface area (Å²) in [6.07, 6.45) is 3.28. The molecule has 9 heteroatoms. The third-order valence-electron chi connectivity index (χ3n) is 4.85. The Kier molecular flexibility index (Phi) is 6.56. The highest BCUT2D eigenvalue weighted by atomic mass is 19.4. The van der Waals surface area contributed by atoms with Crippen molar-refractivity contribution < 1.29 is 22.7 Å². The van der Waals surface area contributed by atoms with Crippen LogP contribution in [0.25, 0.3) is 0 Å². The van der Waals surface area contributed by atoms with E-state index in [4.69, 9.17) is 4.74 Å². The Bertz CT molecular complexity index is 906. The molecule has 0 spiro atoms. The minimum absolute atomic E-state index is 0.174. The maximum atomic E-state index is 12.8. The smallest absolute Gasteiger partial charge is 0.417 e. The molecule has 0 atom stereocenters. The van der Waals surface area contributed by atoms with Gasteiger partial charge in [0.25, 0.3) is 5.56 Å². The van der Waals surface area contributed by atoms with Gasteiger partial charge in [-0.3, -0.25) is 9.59 Å². The van der Waals surface area contributed by atoms with Crippen molar-refractivity contribution in [2.24, 2.45) is 5.92 Å². The molecule has 0 bridgehead atoms. The van der Waals surface area contributed by atoms with Crippen molar-refractivity contribution in [2.45, 2.75) is 44.8 Å². The third-order valence-corrected chi connectivity index (χ3v) is 4.85. The van der Waals surface area contributed by atoms with E-state index in [0.29, 0.717) is 35.1 Å². The number of aromatic nitrogens is 2. The first-order valence-electron chi connectivity index (χ1n) is 9.48. The number of alkyl halides is 3. The number of carbonyl (C=O) groups is 1. The summed E-state index contributed by atoms with van der Waals surface area (Å²) < 4.78 is 45.0. The molecule has 1 fully saturated rings. The maximum Gasteiger partial charge on any atom is 0.417 e. The Balaban J connectivity index is 1.66. The number of halogens is 3. The van der Waals surface area contributed by atoms with Gasteiger partial charge in [0, 0.05) is 18.5 Å². The molecule has 1 aliphatic carbocycles. The minimum atomic E-state index is -4.60. The van der Waals surface area contributed by atoms with Crippen LogP contribution < -0.4 is 15.6 Å². The molecular formula is C20H22F3N3O3. The molecule has 0 aliphatic heterocycles. The van der Waals surface area contributed by atoms with E-state index in [-0.39, 0.29) is 5.82 Å². The lowest BCUT2D eigenvalue weighted by Crippen LogP contribution is -2.28. The summed E-state index contributed by atoms with van der Waals surface area (Å²) in [4.78, 5) is 28.2. The van der Waals surface area contributed by atoms with Crippen LogP contribution >= 0.6 is 0 Å². The van der Waals surface area contributed by atoms with Gasteiger partial charge in [-0.25, -0.2) is 4.98 Å². The molecule has 0 aromatic carbocycles. The van der Waals surface area contributed by atoms with Crippen LogP contribution in [0.15, 0.2) is 41.5 Å². The van der Waals surface area contributed by atoms with E-state index in [9.17, 15) is 22.8 Å². The molecule has 29 heavy (non-hydrogen) atoms. The van der Waals surface area contributed by atoms with Gasteiger partial charge in [0.05, 0.1) is 12.2 Å². The van der Waals surface area contributed by atoms with E-state index in [0.717, 1.165) is 18.9 Å². The summed E-state index contributed by atoms with van der Waals surface area (Å²) in [6, 6.07) is 4.81. The minimum Gasteiger partial charge on any atom is -0.489 e. The maximum absolute atomic E-state index is 12.8. The van der Waals surface area contributed by atoms with Crippen molar-refractivity contribution in [3.05, 3.63) is 52.6 Å². The first-order chi connectivity index (χ1) is 13.8. The molecule has 2 aromatic heterocycles. The molecule has 2 aromatic rings. The number of nitrogens with one attached hydrogen (secondary N) is 1. The molecule has 1 aliphatic rings. The Labute approximate surface area is 165 Å². The van der Waals surface area contributed by atoms with E-state index in [1.54, 1.807) is 12.1 Å². The van der Waals surface area contributed by atoms with Gasteiger partial charge >= 0.3 is 6.18 Å². The second-order valence-electron chi connectivity index (χ2n) is 7.10. The van der Waals surface area contributed by atoms with Crippen LogP contribution in [0.5, 0.6) is 5.75 Å². The summed E-state index contributed by atoms with van der Waals surface area (Å²) >= 11 is 0. The zero-order valence-corrected chi connectivity index (χ0v) is 15.7. The van der Waals surface area contributed by atoms with Crippen LogP contribution in [0.4, 0.5) is 19.0 Å². The Morgan fingerprint density at radius 1 is 1.21 bits per heavy atom. The second-order valence-corrected chi connectivity index (χ2v) is 7.10. The molecule has 1 saturated carbocycles. The van der Waals surface area contributed by atoms with Gasteiger partial charge in [0.15, 0.2) is 11.6 Å². The highest BCUT2D eigenvalue weighted by molar-refractivity contribution is 5.90. The monoisotopic (exact) mass is 409 g/mol. The van der Waals surface area contributed by atoms with Gasteiger partial charge in [-0.05, 0) is 37.0 Å². The molecule has 0 saturated heterocycles. The van der Waals surface area contributed by atoms with Gasteiger partial charge in [-0.2, -0.15) is 13.2 Å². The van der Waals surface area contributed by atoms with Crippen LogP contribution in [0.2, 0.25) is 0 Å². The van der Waals surface area contributed by atoms with Crippen LogP contribution in [-0.4, -0.2) is 22.1 Å². The van der Waals surface area contributed by atoms with Gasteiger partial charge in [-0.1, -0.05) is 19.3 Å². The Morgan fingerprint density at radius 2 is 1.97 bits per heavy atom. The normalized spacial score (nSPS) is 15.1. The summed E-state index contributed by atoms with van der Waals surface area (Å²) in [6.45, 7) is -0.0525. The van der Waals surface area contributed by atoms with Gasteiger partial charge in [-0.15, -0.1) is 0 Å². The number of nitrogens with zero attached hydrogens (tertiary/aromatic N) is 2. The fourth-order valence-corrected chi connectivity index (χ4v) is 3.31. The van der Waals surface area contributed by atoms with Crippen molar-refractivity contribution >= 4 is 11.7 Å². The number of pyridine rings is 2. The fourth-order valence-electron chi connectivity index (χ4n) is 3.31. The summed E-state index contributed by atoms with van der Waals surface area (Å²) in [5.41, 5.74) is -1.71. The number of carbonyl (C=O) groups excluding carboxylic acids is 1. The van der Waals surface area contributed by atoms with Gasteiger partial charge in [0.1, 0.15) is 6.54 Å². The molecule has 2 heterocycles. The Hall–Kier alpha value is -2.84. The molecule has 1 N–H and O–H groups in total. The van der Waals surface area contributed by atoms with Crippen LogP contribution in [0.3, 0.4) is 0 Å². The summed E-state index contributed by atoms with van der Waals surface area (Å²) in [7, 11) is 0. The lowest BCUT2D eigenvalue weighted by atomic mass is 9.90. The van der Waals surface area contributed by atoms with Crippen molar-refractivity contribution in [1.29, 1.82) is 0 Å². The molecule has 0 unspecified atom stereocenters. The molecule has 0 radical (unpaired) electrons. The number of hydrogen-bond donors (Lipinski definition) is 1. The molecule has 156 valence electrons. The van der Waals surface area contributed by atoms with Crippen molar-refractivity contribution in [1.82, 2.24) is 9.55 Å². The Morgan fingerprint density at radius 3 is 2.69 bits per heavy atom. The standard InChI is InChI=1S/C20H22F3N3O3/c21-20(22,23)15-8-9-18(28)26(11-15)12-17(27)25-19-16(7-4-10-24-19)29-13-14-5-2-1-3-6-14/h4,7-11,14H,1-3,5-6,12-13H2,(H,24,25,27). The van der Waals surface area contributed by atoms with E-state index in [1.165, 1.54) is 25.5 Å². The van der Waals surface area contributed by atoms with Crippen molar-refractivity contribution in [2.75, 3.05) is 11.9 Å². The molecule has 3 rings (SSSR count). The topological polar surface area (TPSA) is 73.2 Å². The van der Waals surface area contributed by atoms with Crippen molar-refractivity contribution in [3.63, 3.8) is 0 Å². The van der Waals surface area contributed by atoms with Gasteiger partial charge < -0.3 is 14.6 Å². The zero-order valence-electron chi connectivity index (χ0n) is 15.7. The highest BCUT2D eigenvalue weighted by Crippen LogP contribution is 2.28. The van der Waals surface area contributed by atoms with E-state index < -0.39 is 29.8 Å². The summed E-state index contributed by atoms with van der Waals surface area (Å²) in [5, 5.41) is 2.52. The highest BCUT2D eigenvalue weighted by Gasteiger charge is 2.31. The number of rotatable bonds is 6. The lowest BCUT2D eigenvalue weighted by Gasteiger charge is -2.22. The first-order valence-corrected chi connectivity index (χ1v) is 9.48.